The molecule has 0 aromatic heterocycles. The summed E-state index contributed by atoms with van der Waals surface area (Å²) in [6, 6.07) is 4.75. The van der Waals surface area contributed by atoms with Crippen molar-refractivity contribution >= 4 is 28.0 Å². The highest BCUT2D eigenvalue weighted by atomic mass is 79.9. The highest BCUT2D eigenvalue weighted by Gasteiger charge is 2.06. The van der Waals surface area contributed by atoms with Crippen LogP contribution in [0.2, 0.25) is 0 Å². The molecular weight excluding hydrogens is 267 g/mol. The van der Waals surface area contributed by atoms with Crippen molar-refractivity contribution < 1.29 is 19.0 Å². The van der Waals surface area contributed by atoms with Gasteiger partial charge in [0.2, 0.25) is 5.83 Å². The third-order valence-electron chi connectivity index (χ3n) is 1.67. The first-order valence-electron chi connectivity index (χ1n) is 3.98. The number of hydrogen-bond donors (Lipinski definition) is 1. The molecule has 0 saturated carbocycles. The molecule has 0 aliphatic rings. The second kappa shape index (κ2) is 4.93. The largest absolute Gasteiger partial charge is 0.496 e. The Morgan fingerprint density at radius 1 is 1.60 bits per heavy atom. The van der Waals surface area contributed by atoms with Crippen molar-refractivity contribution in [2.45, 2.75) is 0 Å². The first-order chi connectivity index (χ1) is 7.04. The van der Waals surface area contributed by atoms with Gasteiger partial charge in [0.25, 0.3) is 0 Å². The van der Waals surface area contributed by atoms with Crippen LogP contribution in [0.1, 0.15) is 5.56 Å². The molecule has 1 N–H and O–H groups in total. The molecule has 1 aromatic carbocycles. The lowest BCUT2D eigenvalue weighted by Crippen LogP contribution is -1.94. The maximum absolute atomic E-state index is 12.7. The van der Waals surface area contributed by atoms with E-state index in [9.17, 15) is 9.18 Å². The van der Waals surface area contributed by atoms with Crippen LogP contribution in [0.25, 0.3) is 6.08 Å². The molecule has 0 aliphatic carbocycles. The van der Waals surface area contributed by atoms with Gasteiger partial charge in [-0.3, -0.25) is 0 Å². The maximum atomic E-state index is 12.7. The zero-order valence-electron chi connectivity index (χ0n) is 7.83. The first-order valence-corrected chi connectivity index (χ1v) is 4.78. The smallest absolute Gasteiger partial charge is 0.364 e. The van der Waals surface area contributed by atoms with E-state index in [1.54, 1.807) is 18.2 Å². The SMILES string of the molecule is COc1ccc(C=C(F)C(=O)O)cc1Br. The van der Waals surface area contributed by atoms with Crippen molar-refractivity contribution in [3.63, 3.8) is 0 Å². The molecule has 80 valence electrons. The number of carboxylic acid groups (broad SMARTS) is 1. The molecule has 0 aliphatic heterocycles. The van der Waals surface area contributed by atoms with E-state index in [0.29, 0.717) is 15.8 Å². The molecule has 0 amide bonds. The average Bonchev–Trinajstić information content (AvgIpc) is 2.18. The monoisotopic (exact) mass is 274 g/mol. The molecule has 3 nitrogen and oxygen atoms in total. The molecule has 0 heterocycles. The van der Waals surface area contributed by atoms with Gasteiger partial charge in [-0.25, -0.2) is 4.79 Å². The fourth-order valence-electron chi connectivity index (χ4n) is 0.980. The van der Waals surface area contributed by atoms with Crippen molar-refractivity contribution in [1.29, 1.82) is 0 Å². The van der Waals surface area contributed by atoms with Gasteiger partial charge in [0.05, 0.1) is 11.6 Å². The number of carboxylic acids is 1. The quantitative estimate of drug-likeness (QED) is 0.863. The van der Waals surface area contributed by atoms with Gasteiger partial charge in [-0.15, -0.1) is 0 Å². The summed E-state index contributed by atoms with van der Waals surface area (Å²) in [5.74, 6) is -2.18. The third-order valence-corrected chi connectivity index (χ3v) is 2.29. The van der Waals surface area contributed by atoms with Gasteiger partial charge in [0, 0.05) is 0 Å². The van der Waals surface area contributed by atoms with Crippen LogP contribution in [0.15, 0.2) is 28.5 Å². The Labute approximate surface area is 94.3 Å². The van der Waals surface area contributed by atoms with Crippen LogP contribution in [0, 0.1) is 0 Å². The van der Waals surface area contributed by atoms with Crippen LogP contribution >= 0.6 is 15.9 Å². The minimum absolute atomic E-state index is 0.447. The fraction of sp³-hybridized carbons (Fsp3) is 0.100. The Morgan fingerprint density at radius 2 is 2.27 bits per heavy atom. The zero-order valence-corrected chi connectivity index (χ0v) is 9.42. The highest BCUT2D eigenvalue weighted by molar-refractivity contribution is 9.10. The minimum atomic E-state index is -1.58. The predicted molar refractivity (Wildman–Crippen MR) is 57.4 cm³/mol. The number of ether oxygens (including phenoxy) is 1. The van der Waals surface area contributed by atoms with Crippen molar-refractivity contribution in [2.75, 3.05) is 7.11 Å². The molecule has 1 aromatic rings. The Bertz CT molecular complexity index is 415. The van der Waals surface area contributed by atoms with E-state index in [-0.39, 0.29) is 0 Å². The number of carbonyl (C=O) groups is 1. The minimum Gasteiger partial charge on any atom is -0.496 e. The summed E-state index contributed by atoms with van der Waals surface area (Å²) in [6.45, 7) is 0. The van der Waals surface area contributed by atoms with Crippen molar-refractivity contribution in [2.24, 2.45) is 0 Å². The molecular formula is C10H8BrFO3. The predicted octanol–water partition coefficient (Wildman–Crippen LogP) is 2.85. The second-order valence-electron chi connectivity index (χ2n) is 2.69. The molecule has 0 spiro atoms. The van der Waals surface area contributed by atoms with Gasteiger partial charge in [-0.1, -0.05) is 6.07 Å². The lowest BCUT2D eigenvalue weighted by Gasteiger charge is -2.03. The van der Waals surface area contributed by atoms with Crippen molar-refractivity contribution in [1.82, 2.24) is 0 Å². The normalized spacial score (nSPS) is 11.3. The first kappa shape index (κ1) is 11.7. The molecule has 0 radical (unpaired) electrons. The van der Waals surface area contributed by atoms with Gasteiger partial charge < -0.3 is 9.84 Å². The summed E-state index contributed by atoms with van der Waals surface area (Å²) in [7, 11) is 1.51. The number of rotatable bonds is 3. The summed E-state index contributed by atoms with van der Waals surface area (Å²) >= 11 is 3.21. The van der Waals surface area contributed by atoms with Crippen LogP contribution in [-0.2, 0) is 4.79 Å². The number of halogens is 2. The van der Waals surface area contributed by atoms with E-state index in [4.69, 9.17) is 9.84 Å². The van der Waals surface area contributed by atoms with Crippen LogP contribution < -0.4 is 4.74 Å². The molecule has 15 heavy (non-hydrogen) atoms. The second-order valence-corrected chi connectivity index (χ2v) is 3.55. The van der Waals surface area contributed by atoms with E-state index >= 15 is 0 Å². The molecule has 0 atom stereocenters. The van der Waals surface area contributed by atoms with Crippen LogP contribution in [-0.4, -0.2) is 18.2 Å². The van der Waals surface area contributed by atoms with E-state index in [1.165, 1.54) is 7.11 Å². The topological polar surface area (TPSA) is 46.5 Å². The summed E-state index contributed by atoms with van der Waals surface area (Å²) < 4.78 is 18.4. The van der Waals surface area contributed by atoms with Gasteiger partial charge in [-0.2, -0.15) is 4.39 Å². The number of methoxy groups -OCH3 is 1. The number of aliphatic carboxylic acids is 1. The molecule has 0 bridgehead atoms. The Kier molecular flexibility index (Phi) is 3.85. The van der Waals surface area contributed by atoms with Gasteiger partial charge in [0.15, 0.2) is 0 Å². The van der Waals surface area contributed by atoms with E-state index < -0.39 is 11.8 Å². The van der Waals surface area contributed by atoms with E-state index in [0.717, 1.165) is 6.08 Å². The Morgan fingerprint density at radius 3 is 2.73 bits per heavy atom. The Balaban J connectivity index is 3.03. The van der Waals surface area contributed by atoms with Gasteiger partial charge >= 0.3 is 5.97 Å². The summed E-state index contributed by atoms with van der Waals surface area (Å²) in [5, 5.41) is 8.33. The van der Waals surface area contributed by atoms with Crippen LogP contribution in [0.4, 0.5) is 4.39 Å². The fourth-order valence-corrected chi connectivity index (χ4v) is 1.54. The van der Waals surface area contributed by atoms with Crippen LogP contribution in [0.5, 0.6) is 5.75 Å². The van der Waals surface area contributed by atoms with Crippen molar-refractivity contribution in [3.05, 3.63) is 34.1 Å². The summed E-state index contributed by atoms with van der Waals surface area (Å²) in [6.07, 6.45) is 0.937. The molecule has 5 heteroatoms. The van der Waals surface area contributed by atoms with E-state index in [1.807, 2.05) is 0 Å². The standard InChI is InChI=1S/C10H8BrFO3/c1-15-9-3-2-6(4-7(9)11)5-8(12)10(13)14/h2-5H,1H3,(H,13,14). The molecule has 0 saturated heterocycles. The Hall–Kier alpha value is -1.36. The van der Waals surface area contributed by atoms with E-state index in [2.05, 4.69) is 15.9 Å². The molecule has 0 fully saturated rings. The zero-order chi connectivity index (χ0) is 11.4. The molecule has 1 rings (SSSR count). The van der Waals surface area contributed by atoms with Gasteiger partial charge in [0.1, 0.15) is 5.75 Å². The lowest BCUT2D eigenvalue weighted by atomic mass is 10.2. The maximum Gasteiger partial charge on any atom is 0.364 e. The van der Waals surface area contributed by atoms with Crippen LogP contribution in [0.3, 0.4) is 0 Å². The summed E-state index contributed by atoms with van der Waals surface area (Å²) in [4.78, 5) is 10.2. The average molecular weight is 275 g/mol. The van der Waals surface area contributed by atoms with Gasteiger partial charge in [-0.05, 0) is 39.7 Å². The lowest BCUT2D eigenvalue weighted by molar-refractivity contribution is -0.134. The number of hydrogen-bond acceptors (Lipinski definition) is 2. The highest BCUT2D eigenvalue weighted by Crippen LogP contribution is 2.26. The number of benzene rings is 1. The third kappa shape index (κ3) is 3.06. The summed E-state index contributed by atoms with van der Waals surface area (Å²) in [5.41, 5.74) is 0.447. The molecule has 0 unspecified atom stereocenters. The van der Waals surface area contributed by atoms with Crippen molar-refractivity contribution in [3.8, 4) is 5.75 Å².